The summed E-state index contributed by atoms with van der Waals surface area (Å²) in [5.74, 6) is 0.217. The number of carbonyl (C=O) groups excluding carboxylic acids is 1. The molecule has 2 atom stereocenters. The van der Waals surface area contributed by atoms with Gasteiger partial charge in [0.25, 0.3) is 0 Å². The zero-order valence-corrected chi connectivity index (χ0v) is 13.4. The average Bonchev–Trinajstić information content (AvgIpc) is 2.94. The number of aliphatic hydroxyl groups is 1. The van der Waals surface area contributed by atoms with Crippen LogP contribution in [0.3, 0.4) is 0 Å². The minimum atomic E-state index is -0.0710. The molecule has 1 fully saturated rings. The summed E-state index contributed by atoms with van der Waals surface area (Å²) in [5.41, 5.74) is 3.21. The lowest BCUT2D eigenvalue weighted by molar-refractivity contribution is 0.0809. The molecule has 3 nitrogen and oxygen atoms in total. The van der Waals surface area contributed by atoms with E-state index in [2.05, 4.69) is 18.7 Å². The van der Waals surface area contributed by atoms with Crippen molar-refractivity contribution in [2.45, 2.75) is 58.5 Å². The van der Waals surface area contributed by atoms with E-state index in [1.54, 1.807) is 0 Å². The summed E-state index contributed by atoms with van der Waals surface area (Å²) in [5, 5.41) is 9.01. The third kappa shape index (κ3) is 3.72. The third-order valence-corrected chi connectivity index (χ3v) is 4.79. The largest absolute Gasteiger partial charge is 0.396 e. The number of benzene rings is 1. The van der Waals surface area contributed by atoms with Gasteiger partial charge in [0, 0.05) is 18.2 Å². The Morgan fingerprint density at radius 1 is 1.38 bits per heavy atom. The molecule has 0 spiro atoms. The highest BCUT2D eigenvalue weighted by Gasteiger charge is 2.31. The second kappa shape index (κ2) is 7.19. The van der Waals surface area contributed by atoms with Crippen molar-refractivity contribution in [3.63, 3.8) is 0 Å². The minimum absolute atomic E-state index is 0.0710. The Balaban J connectivity index is 2.08. The fourth-order valence-electron chi connectivity index (χ4n) is 3.29. The monoisotopic (exact) mass is 289 g/mol. The number of hydrogen-bond donors (Lipinski definition) is 1. The van der Waals surface area contributed by atoms with Gasteiger partial charge in [-0.2, -0.15) is 0 Å². The molecule has 0 aromatic heterocycles. The van der Waals surface area contributed by atoms with E-state index < -0.39 is 0 Å². The molecule has 0 aliphatic carbocycles. The predicted molar refractivity (Wildman–Crippen MR) is 85.8 cm³/mol. The van der Waals surface area contributed by atoms with Gasteiger partial charge in [-0.25, -0.2) is 0 Å². The van der Waals surface area contributed by atoms with Crippen LogP contribution >= 0.6 is 0 Å². The van der Waals surface area contributed by atoms with Crippen LogP contribution in [0.2, 0.25) is 0 Å². The maximum Gasteiger partial charge on any atom is 0.179 e. The molecule has 116 valence electrons. The van der Waals surface area contributed by atoms with Gasteiger partial charge < -0.3 is 5.11 Å². The van der Waals surface area contributed by atoms with Crippen LogP contribution in [0, 0.1) is 13.8 Å². The molecule has 21 heavy (non-hydrogen) atoms. The van der Waals surface area contributed by atoms with E-state index in [4.69, 9.17) is 5.11 Å². The fourth-order valence-corrected chi connectivity index (χ4v) is 3.29. The highest BCUT2D eigenvalue weighted by molar-refractivity contribution is 6.00. The van der Waals surface area contributed by atoms with Gasteiger partial charge in [0.15, 0.2) is 5.78 Å². The van der Waals surface area contributed by atoms with Crippen molar-refractivity contribution >= 4 is 5.78 Å². The molecule has 1 aromatic carbocycles. The maximum absolute atomic E-state index is 12.7. The second-order valence-electron chi connectivity index (χ2n) is 6.24. The van der Waals surface area contributed by atoms with Crippen molar-refractivity contribution in [2.75, 3.05) is 13.2 Å². The van der Waals surface area contributed by atoms with Gasteiger partial charge in [0.1, 0.15) is 0 Å². The van der Waals surface area contributed by atoms with Crippen LogP contribution in [0.4, 0.5) is 0 Å². The number of aryl methyl sites for hydroxylation is 2. The molecule has 0 saturated carbocycles. The van der Waals surface area contributed by atoms with Crippen LogP contribution in [0.25, 0.3) is 0 Å². The molecule has 1 aliphatic heterocycles. The SMILES string of the molecule is Cc1ccc(C(=O)C(C)N2CCCC2CCCO)cc1C. The first-order valence-electron chi connectivity index (χ1n) is 8.02. The third-order valence-electron chi connectivity index (χ3n) is 4.79. The van der Waals surface area contributed by atoms with Crippen LogP contribution in [-0.2, 0) is 0 Å². The Labute approximate surface area is 128 Å². The van der Waals surface area contributed by atoms with Gasteiger partial charge in [-0.3, -0.25) is 9.69 Å². The zero-order chi connectivity index (χ0) is 15.4. The van der Waals surface area contributed by atoms with Crippen molar-refractivity contribution in [1.29, 1.82) is 0 Å². The standard InChI is InChI=1S/C18H27NO2/c1-13-8-9-16(12-14(13)2)18(21)15(3)19-10-4-6-17(19)7-5-11-20/h8-9,12,15,17,20H,4-7,10-11H2,1-3H3. The van der Waals surface area contributed by atoms with Crippen molar-refractivity contribution in [3.8, 4) is 0 Å². The van der Waals surface area contributed by atoms with Gasteiger partial charge in [0.05, 0.1) is 6.04 Å². The Morgan fingerprint density at radius 2 is 2.14 bits per heavy atom. The van der Waals surface area contributed by atoms with Gasteiger partial charge >= 0.3 is 0 Å². The van der Waals surface area contributed by atoms with Crippen LogP contribution in [0.5, 0.6) is 0 Å². The first kappa shape index (κ1) is 16.2. The van der Waals surface area contributed by atoms with Gasteiger partial charge in [-0.05, 0) is 70.2 Å². The highest BCUT2D eigenvalue weighted by atomic mass is 16.2. The lowest BCUT2D eigenvalue weighted by Crippen LogP contribution is -2.42. The Bertz CT molecular complexity index is 498. The van der Waals surface area contributed by atoms with E-state index >= 15 is 0 Å². The summed E-state index contributed by atoms with van der Waals surface area (Å²) in [4.78, 5) is 15.1. The van der Waals surface area contributed by atoms with Crippen LogP contribution < -0.4 is 0 Å². The molecule has 1 N–H and O–H groups in total. The summed E-state index contributed by atoms with van der Waals surface area (Å²) in [7, 11) is 0. The lowest BCUT2D eigenvalue weighted by atomic mass is 9.98. The number of rotatable bonds is 6. The topological polar surface area (TPSA) is 40.5 Å². The van der Waals surface area contributed by atoms with Crippen molar-refractivity contribution < 1.29 is 9.90 Å². The van der Waals surface area contributed by atoms with Crippen molar-refractivity contribution in [1.82, 2.24) is 4.90 Å². The number of likely N-dealkylation sites (tertiary alicyclic amines) is 1. The van der Waals surface area contributed by atoms with Crippen molar-refractivity contribution in [3.05, 3.63) is 34.9 Å². The zero-order valence-electron chi connectivity index (χ0n) is 13.4. The summed E-state index contributed by atoms with van der Waals surface area (Å²) >= 11 is 0. The van der Waals surface area contributed by atoms with Crippen molar-refractivity contribution in [2.24, 2.45) is 0 Å². The van der Waals surface area contributed by atoms with Crippen LogP contribution in [0.1, 0.15) is 54.1 Å². The lowest BCUT2D eigenvalue weighted by Gasteiger charge is -2.30. The Morgan fingerprint density at radius 3 is 2.81 bits per heavy atom. The summed E-state index contributed by atoms with van der Waals surface area (Å²) in [6.45, 7) is 7.38. The van der Waals surface area contributed by atoms with E-state index in [0.717, 1.165) is 37.8 Å². The molecule has 3 heteroatoms. The first-order valence-corrected chi connectivity index (χ1v) is 8.02. The smallest absolute Gasteiger partial charge is 0.179 e. The van der Waals surface area contributed by atoms with E-state index in [1.807, 2.05) is 25.1 Å². The average molecular weight is 289 g/mol. The maximum atomic E-state index is 12.7. The van der Waals surface area contributed by atoms with Gasteiger partial charge in [0.2, 0.25) is 0 Å². The molecule has 2 rings (SSSR count). The number of hydrogen-bond acceptors (Lipinski definition) is 3. The second-order valence-corrected chi connectivity index (χ2v) is 6.24. The van der Waals surface area contributed by atoms with Crippen LogP contribution in [-0.4, -0.2) is 41.0 Å². The number of nitrogens with zero attached hydrogens (tertiary/aromatic N) is 1. The van der Waals surface area contributed by atoms with Gasteiger partial charge in [-0.1, -0.05) is 12.1 Å². The summed E-state index contributed by atoms with van der Waals surface area (Å²) < 4.78 is 0. The molecular formula is C18H27NO2. The molecule has 0 bridgehead atoms. The molecular weight excluding hydrogens is 262 g/mol. The molecule has 0 radical (unpaired) electrons. The number of ketones is 1. The van der Waals surface area contributed by atoms with E-state index in [-0.39, 0.29) is 18.4 Å². The summed E-state index contributed by atoms with van der Waals surface area (Å²) in [6, 6.07) is 6.36. The Hall–Kier alpha value is -1.19. The first-order chi connectivity index (χ1) is 10.0. The molecule has 2 unspecified atom stereocenters. The Kier molecular flexibility index (Phi) is 5.54. The molecule has 1 saturated heterocycles. The van der Waals surface area contributed by atoms with E-state index in [9.17, 15) is 4.79 Å². The van der Waals surface area contributed by atoms with Crippen LogP contribution in [0.15, 0.2) is 18.2 Å². The molecule has 1 heterocycles. The normalized spacial score (nSPS) is 20.7. The highest BCUT2D eigenvalue weighted by Crippen LogP contribution is 2.25. The molecule has 0 amide bonds. The quantitative estimate of drug-likeness (QED) is 0.818. The molecule has 1 aliphatic rings. The van der Waals surface area contributed by atoms with E-state index in [1.165, 1.54) is 11.1 Å². The fraction of sp³-hybridized carbons (Fsp3) is 0.611. The summed E-state index contributed by atoms with van der Waals surface area (Å²) in [6.07, 6.45) is 4.11. The molecule has 1 aromatic rings. The van der Waals surface area contributed by atoms with Gasteiger partial charge in [-0.15, -0.1) is 0 Å². The number of Topliss-reactive ketones (excluding diaryl/α,β-unsaturated/α-hetero) is 1. The number of carbonyl (C=O) groups is 1. The predicted octanol–water partition coefficient (Wildman–Crippen LogP) is 3.11. The van der Waals surface area contributed by atoms with E-state index in [0.29, 0.717) is 6.04 Å². The number of aliphatic hydroxyl groups excluding tert-OH is 1. The minimum Gasteiger partial charge on any atom is -0.396 e.